The smallest absolute Gasteiger partial charge is 0.188 e. The fourth-order valence-corrected chi connectivity index (χ4v) is 3.20. The molecule has 0 saturated heterocycles. The first kappa shape index (κ1) is 18.2. The van der Waals surface area contributed by atoms with Gasteiger partial charge in [-0.1, -0.05) is 24.6 Å². The molecule has 21 heavy (non-hydrogen) atoms. The molecule has 3 N–H and O–H groups in total. The van der Waals surface area contributed by atoms with E-state index >= 15 is 0 Å². The Morgan fingerprint density at radius 3 is 2.52 bits per heavy atom. The number of nitrogens with one attached hydrogen (secondary N) is 1. The van der Waals surface area contributed by atoms with Crippen LogP contribution in [0.3, 0.4) is 0 Å². The van der Waals surface area contributed by atoms with Gasteiger partial charge in [0.05, 0.1) is 10.6 Å². The SMILES string of the molecule is I.NC(=NCC1CCC1)NCCS(=O)(=O)c1ccccc1. The Morgan fingerprint density at radius 1 is 1.29 bits per heavy atom. The lowest BCUT2D eigenvalue weighted by molar-refractivity contribution is 0.326. The third-order valence-corrected chi connectivity index (χ3v) is 5.26. The van der Waals surface area contributed by atoms with Crippen molar-refractivity contribution in [2.24, 2.45) is 16.6 Å². The molecule has 0 radical (unpaired) electrons. The number of rotatable bonds is 6. The average Bonchev–Trinajstić information content (AvgIpc) is 2.38. The normalized spacial score (nSPS) is 15.9. The molecule has 0 spiro atoms. The standard InChI is InChI=1S/C14H21N3O2S.HI/c15-14(17-11-12-5-4-6-12)16-9-10-20(18,19)13-7-2-1-3-8-13;/h1-3,7-8,12H,4-6,9-11H2,(H3,15,16,17);1H. The number of benzene rings is 1. The van der Waals surface area contributed by atoms with Gasteiger partial charge >= 0.3 is 0 Å². The van der Waals surface area contributed by atoms with Gasteiger partial charge in [0.2, 0.25) is 0 Å². The molecule has 2 rings (SSSR count). The van der Waals surface area contributed by atoms with Crippen molar-refractivity contribution >= 4 is 39.8 Å². The Hall–Kier alpha value is -0.830. The Kier molecular flexibility index (Phi) is 7.44. The van der Waals surface area contributed by atoms with Gasteiger partial charge in [0.25, 0.3) is 0 Å². The van der Waals surface area contributed by atoms with Crippen LogP contribution < -0.4 is 11.1 Å². The molecule has 1 aromatic carbocycles. The largest absolute Gasteiger partial charge is 0.370 e. The maximum atomic E-state index is 12.0. The van der Waals surface area contributed by atoms with Crippen LogP contribution in [0.2, 0.25) is 0 Å². The third kappa shape index (κ3) is 5.82. The molecule has 0 aromatic heterocycles. The summed E-state index contributed by atoms with van der Waals surface area (Å²) in [6.45, 7) is 1.02. The van der Waals surface area contributed by atoms with Gasteiger partial charge in [0, 0.05) is 13.1 Å². The van der Waals surface area contributed by atoms with Crippen molar-refractivity contribution in [1.82, 2.24) is 5.32 Å². The van der Waals surface area contributed by atoms with Crippen molar-refractivity contribution in [1.29, 1.82) is 0 Å². The molecule has 0 amide bonds. The van der Waals surface area contributed by atoms with Crippen molar-refractivity contribution in [2.75, 3.05) is 18.8 Å². The van der Waals surface area contributed by atoms with Gasteiger partial charge in [0.15, 0.2) is 15.8 Å². The van der Waals surface area contributed by atoms with E-state index in [4.69, 9.17) is 5.73 Å². The summed E-state index contributed by atoms with van der Waals surface area (Å²) in [4.78, 5) is 4.57. The van der Waals surface area contributed by atoms with E-state index in [-0.39, 0.29) is 36.3 Å². The number of halogens is 1. The quantitative estimate of drug-likeness (QED) is 0.415. The summed E-state index contributed by atoms with van der Waals surface area (Å²) in [5, 5.41) is 2.86. The van der Waals surface area contributed by atoms with Crippen LogP contribution in [0.4, 0.5) is 0 Å². The summed E-state index contributed by atoms with van der Waals surface area (Å²) in [6, 6.07) is 8.43. The number of guanidine groups is 1. The van der Waals surface area contributed by atoms with Gasteiger partial charge in [0.1, 0.15) is 0 Å². The molecule has 1 fully saturated rings. The molecule has 118 valence electrons. The molecule has 5 nitrogen and oxygen atoms in total. The monoisotopic (exact) mass is 423 g/mol. The van der Waals surface area contributed by atoms with E-state index in [9.17, 15) is 8.42 Å². The summed E-state index contributed by atoms with van der Waals surface area (Å²) in [6.07, 6.45) is 3.72. The zero-order valence-electron chi connectivity index (χ0n) is 11.9. The van der Waals surface area contributed by atoms with E-state index < -0.39 is 9.84 Å². The number of hydrogen-bond donors (Lipinski definition) is 2. The van der Waals surface area contributed by atoms with Gasteiger partial charge in [-0.2, -0.15) is 0 Å². The topological polar surface area (TPSA) is 84.5 Å². The second kappa shape index (κ2) is 8.57. The molecular weight excluding hydrogens is 401 g/mol. The van der Waals surface area contributed by atoms with Crippen LogP contribution in [0.15, 0.2) is 40.2 Å². The lowest BCUT2D eigenvalue weighted by atomic mass is 9.86. The maximum Gasteiger partial charge on any atom is 0.188 e. The lowest BCUT2D eigenvalue weighted by Gasteiger charge is -2.23. The average molecular weight is 423 g/mol. The minimum Gasteiger partial charge on any atom is -0.370 e. The Bertz CT molecular complexity index is 557. The van der Waals surface area contributed by atoms with Gasteiger partial charge in [-0.3, -0.25) is 4.99 Å². The molecule has 0 heterocycles. The molecule has 1 aliphatic rings. The first-order valence-electron chi connectivity index (χ1n) is 6.89. The second-order valence-electron chi connectivity index (χ2n) is 5.08. The number of nitrogens with two attached hydrogens (primary N) is 1. The predicted octanol–water partition coefficient (Wildman–Crippen LogP) is 1.78. The van der Waals surface area contributed by atoms with Crippen molar-refractivity contribution in [3.8, 4) is 0 Å². The number of nitrogens with zero attached hydrogens (tertiary/aromatic N) is 1. The second-order valence-corrected chi connectivity index (χ2v) is 7.19. The van der Waals surface area contributed by atoms with Gasteiger partial charge in [-0.25, -0.2) is 8.42 Å². The van der Waals surface area contributed by atoms with Crippen LogP contribution in [0.1, 0.15) is 19.3 Å². The fraction of sp³-hybridized carbons (Fsp3) is 0.500. The number of hydrogen-bond acceptors (Lipinski definition) is 3. The summed E-state index contributed by atoms with van der Waals surface area (Å²) >= 11 is 0. The van der Waals surface area contributed by atoms with E-state index in [1.54, 1.807) is 30.3 Å². The summed E-state index contributed by atoms with van der Waals surface area (Å²) < 4.78 is 24.0. The predicted molar refractivity (Wildman–Crippen MR) is 95.7 cm³/mol. The Morgan fingerprint density at radius 2 is 1.95 bits per heavy atom. The van der Waals surface area contributed by atoms with Crippen LogP contribution in [-0.4, -0.2) is 33.2 Å². The van der Waals surface area contributed by atoms with E-state index in [1.165, 1.54) is 19.3 Å². The van der Waals surface area contributed by atoms with Crippen LogP contribution in [0.5, 0.6) is 0 Å². The zero-order chi connectivity index (χ0) is 14.4. The molecule has 1 aliphatic carbocycles. The van der Waals surface area contributed by atoms with Crippen molar-refractivity contribution in [3.63, 3.8) is 0 Å². The van der Waals surface area contributed by atoms with Crippen LogP contribution in [-0.2, 0) is 9.84 Å². The lowest BCUT2D eigenvalue weighted by Crippen LogP contribution is -2.36. The molecule has 0 unspecified atom stereocenters. The first-order valence-corrected chi connectivity index (χ1v) is 8.55. The van der Waals surface area contributed by atoms with Gasteiger partial charge in [-0.15, -0.1) is 24.0 Å². The molecule has 0 bridgehead atoms. The Labute approximate surface area is 143 Å². The van der Waals surface area contributed by atoms with E-state index in [0.29, 0.717) is 16.8 Å². The van der Waals surface area contributed by atoms with Crippen LogP contribution in [0, 0.1) is 5.92 Å². The molecule has 1 saturated carbocycles. The van der Waals surface area contributed by atoms with Crippen molar-refractivity contribution in [3.05, 3.63) is 30.3 Å². The molecule has 0 aliphatic heterocycles. The highest BCUT2D eigenvalue weighted by Gasteiger charge is 2.16. The number of sulfone groups is 1. The highest BCUT2D eigenvalue weighted by Crippen LogP contribution is 2.26. The Balaban J connectivity index is 0.00000220. The van der Waals surface area contributed by atoms with Crippen molar-refractivity contribution in [2.45, 2.75) is 24.2 Å². The highest BCUT2D eigenvalue weighted by atomic mass is 127. The minimum absolute atomic E-state index is 0. The van der Waals surface area contributed by atoms with E-state index in [1.807, 2.05) is 0 Å². The zero-order valence-corrected chi connectivity index (χ0v) is 15.0. The first-order chi connectivity index (χ1) is 9.58. The van der Waals surface area contributed by atoms with Crippen LogP contribution in [0.25, 0.3) is 0 Å². The maximum absolute atomic E-state index is 12.0. The van der Waals surface area contributed by atoms with Gasteiger partial charge in [-0.05, 0) is 30.9 Å². The van der Waals surface area contributed by atoms with Crippen molar-refractivity contribution < 1.29 is 8.42 Å². The van der Waals surface area contributed by atoms with E-state index in [0.717, 1.165) is 6.54 Å². The molecular formula is C14H22IN3O2S. The molecule has 0 atom stereocenters. The van der Waals surface area contributed by atoms with Gasteiger partial charge < -0.3 is 11.1 Å². The summed E-state index contributed by atoms with van der Waals surface area (Å²) in [5.41, 5.74) is 5.71. The molecule has 1 aromatic rings. The molecule has 7 heteroatoms. The fourth-order valence-electron chi connectivity index (χ4n) is 2.02. The minimum atomic E-state index is -3.25. The number of aliphatic imine (C=N–C) groups is 1. The van der Waals surface area contributed by atoms with E-state index in [2.05, 4.69) is 10.3 Å². The third-order valence-electron chi connectivity index (χ3n) is 3.52. The summed E-state index contributed by atoms with van der Waals surface area (Å²) in [7, 11) is -3.25. The van der Waals surface area contributed by atoms with Crippen LogP contribution >= 0.6 is 24.0 Å². The highest BCUT2D eigenvalue weighted by molar-refractivity contribution is 14.0. The summed E-state index contributed by atoms with van der Waals surface area (Å²) in [5.74, 6) is 1.000.